The van der Waals surface area contributed by atoms with E-state index in [1.807, 2.05) is 18.7 Å². The molecular weight excluding hydrogens is 178 g/mol. The van der Waals surface area contributed by atoms with Gasteiger partial charge in [0, 0.05) is 12.6 Å². The Morgan fingerprint density at radius 3 is 2.43 bits per heavy atom. The van der Waals surface area contributed by atoms with Crippen LogP contribution in [0.1, 0.15) is 39.5 Å². The van der Waals surface area contributed by atoms with Gasteiger partial charge in [-0.2, -0.15) is 0 Å². The fraction of sp³-hybridized carbons (Fsp3) is 0.909. The summed E-state index contributed by atoms with van der Waals surface area (Å²) in [5.41, 5.74) is 0. The third kappa shape index (κ3) is 2.63. The predicted octanol–water partition coefficient (Wildman–Crippen LogP) is 2.41. The van der Waals surface area contributed by atoms with Crippen molar-refractivity contribution in [3.05, 3.63) is 0 Å². The third-order valence-electron chi connectivity index (χ3n) is 2.71. The van der Waals surface area contributed by atoms with E-state index >= 15 is 0 Å². The molecule has 2 rings (SSSR count). The zero-order valence-corrected chi connectivity index (χ0v) is 9.03. The molecule has 1 amide bonds. The van der Waals surface area contributed by atoms with E-state index < -0.39 is 0 Å². The molecule has 0 bridgehead atoms. The highest BCUT2D eigenvalue weighted by Crippen LogP contribution is 2.35. The molecule has 0 aromatic heterocycles. The summed E-state index contributed by atoms with van der Waals surface area (Å²) in [5, 5.41) is 0. The molecule has 0 radical (unpaired) electrons. The highest BCUT2D eigenvalue weighted by Gasteiger charge is 2.37. The van der Waals surface area contributed by atoms with Crippen LogP contribution in [0.4, 0.5) is 4.79 Å². The molecule has 0 saturated heterocycles. The van der Waals surface area contributed by atoms with Gasteiger partial charge in [0.2, 0.25) is 0 Å². The normalized spacial score (nSPS) is 21.1. The average molecular weight is 197 g/mol. The molecule has 0 N–H and O–H groups in total. The van der Waals surface area contributed by atoms with Crippen LogP contribution in [-0.2, 0) is 4.74 Å². The average Bonchev–Trinajstić information content (AvgIpc) is 2.94. The lowest BCUT2D eigenvalue weighted by Gasteiger charge is -2.22. The molecule has 0 heterocycles. The van der Waals surface area contributed by atoms with E-state index in [0.717, 1.165) is 12.5 Å². The van der Waals surface area contributed by atoms with Crippen molar-refractivity contribution in [2.45, 2.75) is 51.7 Å². The minimum Gasteiger partial charge on any atom is -0.447 e. The molecule has 0 aromatic carbocycles. The third-order valence-corrected chi connectivity index (χ3v) is 2.71. The second kappa shape index (κ2) is 3.79. The van der Waals surface area contributed by atoms with Crippen LogP contribution >= 0.6 is 0 Å². The van der Waals surface area contributed by atoms with Gasteiger partial charge in [-0.3, -0.25) is 0 Å². The minimum absolute atomic E-state index is 0.00273. The van der Waals surface area contributed by atoms with E-state index in [1.165, 1.54) is 25.7 Å². The summed E-state index contributed by atoms with van der Waals surface area (Å²) >= 11 is 0. The first-order valence-corrected chi connectivity index (χ1v) is 5.64. The number of carbonyl (C=O) groups is 1. The molecule has 3 heteroatoms. The molecule has 2 fully saturated rings. The molecular formula is C11H19NO2. The standard InChI is InChI=1S/C11H19NO2/c1-8(2)14-11(13)12(10-5-6-10)7-9-3-4-9/h8-10H,3-7H2,1-2H3. The highest BCUT2D eigenvalue weighted by molar-refractivity contribution is 5.68. The second-order valence-electron chi connectivity index (χ2n) is 4.76. The Labute approximate surface area is 85.4 Å². The van der Waals surface area contributed by atoms with Gasteiger partial charge in [-0.05, 0) is 45.4 Å². The summed E-state index contributed by atoms with van der Waals surface area (Å²) in [6.07, 6.45) is 4.81. The Morgan fingerprint density at radius 1 is 1.36 bits per heavy atom. The molecule has 2 aliphatic carbocycles. The molecule has 14 heavy (non-hydrogen) atoms. The monoisotopic (exact) mass is 197 g/mol. The summed E-state index contributed by atoms with van der Waals surface area (Å²) in [6, 6.07) is 0.488. The lowest BCUT2D eigenvalue weighted by Crippen LogP contribution is -2.36. The van der Waals surface area contributed by atoms with Crippen molar-refractivity contribution in [2.24, 2.45) is 5.92 Å². The van der Waals surface area contributed by atoms with Crippen molar-refractivity contribution >= 4 is 6.09 Å². The lowest BCUT2D eigenvalue weighted by atomic mass is 10.4. The first-order chi connectivity index (χ1) is 6.66. The molecule has 3 nitrogen and oxygen atoms in total. The first-order valence-electron chi connectivity index (χ1n) is 5.64. The summed E-state index contributed by atoms with van der Waals surface area (Å²) in [4.78, 5) is 13.6. The maximum absolute atomic E-state index is 11.7. The van der Waals surface area contributed by atoms with Crippen LogP contribution < -0.4 is 0 Å². The maximum Gasteiger partial charge on any atom is 0.410 e. The van der Waals surface area contributed by atoms with E-state index in [0.29, 0.717) is 6.04 Å². The SMILES string of the molecule is CC(C)OC(=O)N(CC1CC1)C1CC1. The number of hydrogen-bond donors (Lipinski definition) is 0. The Kier molecular flexibility index (Phi) is 2.66. The van der Waals surface area contributed by atoms with E-state index in [2.05, 4.69) is 0 Å². The number of rotatable bonds is 4. The molecule has 0 atom stereocenters. The fourth-order valence-corrected chi connectivity index (χ4v) is 1.61. The maximum atomic E-state index is 11.7. The number of nitrogens with zero attached hydrogens (tertiary/aromatic N) is 1. The fourth-order valence-electron chi connectivity index (χ4n) is 1.61. The molecule has 0 unspecified atom stereocenters. The Balaban J connectivity index is 1.84. The van der Waals surface area contributed by atoms with Gasteiger partial charge in [-0.25, -0.2) is 4.79 Å². The molecule has 80 valence electrons. The van der Waals surface area contributed by atoms with Crippen LogP contribution in [0.15, 0.2) is 0 Å². The van der Waals surface area contributed by atoms with Gasteiger partial charge < -0.3 is 9.64 Å². The quantitative estimate of drug-likeness (QED) is 0.692. The highest BCUT2D eigenvalue weighted by atomic mass is 16.6. The van der Waals surface area contributed by atoms with Crippen LogP contribution in [0.3, 0.4) is 0 Å². The van der Waals surface area contributed by atoms with Crippen LogP contribution in [-0.4, -0.2) is 29.7 Å². The van der Waals surface area contributed by atoms with Crippen molar-refractivity contribution < 1.29 is 9.53 Å². The molecule has 2 saturated carbocycles. The van der Waals surface area contributed by atoms with Crippen molar-refractivity contribution in [1.82, 2.24) is 4.90 Å². The summed E-state index contributed by atoms with van der Waals surface area (Å²) < 4.78 is 5.23. The lowest BCUT2D eigenvalue weighted by molar-refractivity contribution is 0.0730. The summed E-state index contributed by atoms with van der Waals surface area (Å²) in [5.74, 6) is 0.760. The van der Waals surface area contributed by atoms with Crippen molar-refractivity contribution in [2.75, 3.05) is 6.54 Å². The number of amides is 1. The van der Waals surface area contributed by atoms with Gasteiger partial charge in [0.1, 0.15) is 0 Å². The van der Waals surface area contributed by atoms with Crippen molar-refractivity contribution in [3.8, 4) is 0 Å². The largest absolute Gasteiger partial charge is 0.447 e. The molecule has 2 aliphatic rings. The van der Waals surface area contributed by atoms with Crippen LogP contribution in [0, 0.1) is 5.92 Å². The van der Waals surface area contributed by atoms with Gasteiger partial charge in [0.15, 0.2) is 0 Å². The van der Waals surface area contributed by atoms with E-state index in [4.69, 9.17) is 4.74 Å². The van der Waals surface area contributed by atoms with Gasteiger partial charge in [-0.1, -0.05) is 0 Å². The number of hydrogen-bond acceptors (Lipinski definition) is 2. The zero-order valence-electron chi connectivity index (χ0n) is 9.03. The Morgan fingerprint density at radius 2 is 2.00 bits per heavy atom. The van der Waals surface area contributed by atoms with Gasteiger partial charge >= 0.3 is 6.09 Å². The smallest absolute Gasteiger partial charge is 0.410 e. The topological polar surface area (TPSA) is 29.5 Å². The predicted molar refractivity (Wildman–Crippen MR) is 54.1 cm³/mol. The van der Waals surface area contributed by atoms with Crippen molar-refractivity contribution in [3.63, 3.8) is 0 Å². The van der Waals surface area contributed by atoms with E-state index in [-0.39, 0.29) is 12.2 Å². The first kappa shape index (κ1) is 9.81. The van der Waals surface area contributed by atoms with E-state index in [9.17, 15) is 4.79 Å². The second-order valence-corrected chi connectivity index (χ2v) is 4.76. The van der Waals surface area contributed by atoms with Crippen molar-refractivity contribution in [1.29, 1.82) is 0 Å². The molecule has 0 aromatic rings. The Hall–Kier alpha value is -0.730. The summed E-state index contributed by atoms with van der Waals surface area (Å²) in [6.45, 7) is 4.73. The van der Waals surface area contributed by atoms with Gasteiger partial charge in [-0.15, -0.1) is 0 Å². The molecule has 0 aliphatic heterocycles. The number of carbonyl (C=O) groups excluding carboxylic acids is 1. The summed E-state index contributed by atoms with van der Waals surface area (Å²) in [7, 11) is 0. The number of ether oxygens (including phenoxy) is 1. The van der Waals surface area contributed by atoms with Crippen LogP contribution in [0.25, 0.3) is 0 Å². The van der Waals surface area contributed by atoms with E-state index in [1.54, 1.807) is 0 Å². The molecule has 0 spiro atoms. The minimum atomic E-state index is -0.102. The van der Waals surface area contributed by atoms with Crippen LogP contribution in [0.5, 0.6) is 0 Å². The Bertz CT molecular complexity index is 219. The van der Waals surface area contributed by atoms with Gasteiger partial charge in [0.25, 0.3) is 0 Å². The van der Waals surface area contributed by atoms with Crippen LogP contribution in [0.2, 0.25) is 0 Å². The van der Waals surface area contributed by atoms with Gasteiger partial charge in [0.05, 0.1) is 6.10 Å². The zero-order chi connectivity index (χ0) is 10.1.